The van der Waals surface area contributed by atoms with Crippen LogP contribution in [-0.4, -0.2) is 118 Å². The molecule has 2 heterocycles. The van der Waals surface area contributed by atoms with Gasteiger partial charge in [0.1, 0.15) is 48.4 Å². The summed E-state index contributed by atoms with van der Waals surface area (Å²) in [6.45, 7) is 7.27. The van der Waals surface area contributed by atoms with Crippen molar-refractivity contribution in [3.8, 4) is 5.75 Å². The molecule has 2 aromatic carbocycles. The van der Waals surface area contributed by atoms with Gasteiger partial charge in [0.25, 0.3) is 5.91 Å². The van der Waals surface area contributed by atoms with Crippen molar-refractivity contribution >= 4 is 58.1 Å². The van der Waals surface area contributed by atoms with E-state index in [0.29, 0.717) is 24.5 Å². The van der Waals surface area contributed by atoms with Crippen molar-refractivity contribution < 1.29 is 58.2 Å². The van der Waals surface area contributed by atoms with Crippen LogP contribution in [0.3, 0.4) is 0 Å². The van der Waals surface area contributed by atoms with Gasteiger partial charge >= 0.3 is 12.1 Å². The number of benzene rings is 2. The summed E-state index contributed by atoms with van der Waals surface area (Å²) in [6, 6.07) is 6.90. The third kappa shape index (κ3) is 12.9. The average molecular weight is 869 g/mol. The predicted octanol–water partition coefficient (Wildman–Crippen LogP) is 3.94. The van der Waals surface area contributed by atoms with Crippen LogP contribution >= 0.6 is 23.2 Å². The molecule has 326 valence electrons. The number of unbranched alkanes of at least 4 members (excludes halogenated alkanes) is 3. The number of alkyl carbamates (subject to hydrolysis) is 1. The Morgan fingerprint density at radius 3 is 2.42 bits per heavy atom. The molecule has 0 saturated carbocycles. The Balaban J connectivity index is 1.29. The van der Waals surface area contributed by atoms with Crippen LogP contribution in [0.25, 0.3) is 11.0 Å². The van der Waals surface area contributed by atoms with Crippen LogP contribution in [0, 0.1) is 6.92 Å². The normalized spacial score (nSPS) is 19.8. The van der Waals surface area contributed by atoms with Crippen molar-refractivity contribution in [2.24, 2.45) is 0 Å². The van der Waals surface area contributed by atoms with E-state index in [-0.39, 0.29) is 46.7 Å². The van der Waals surface area contributed by atoms with Gasteiger partial charge in [-0.05, 0) is 70.7 Å². The molecule has 0 spiro atoms. The highest BCUT2D eigenvalue weighted by Gasteiger charge is 2.45. The summed E-state index contributed by atoms with van der Waals surface area (Å²) < 4.78 is 28.9. The zero-order valence-electron chi connectivity index (χ0n) is 34.1. The largest absolute Gasteiger partial charge is 0.483 e. The number of esters is 1. The van der Waals surface area contributed by atoms with E-state index in [2.05, 4.69) is 20.5 Å². The number of halogens is 2. The van der Waals surface area contributed by atoms with E-state index in [1.54, 1.807) is 27.7 Å². The molecule has 1 fully saturated rings. The van der Waals surface area contributed by atoms with Gasteiger partial charge in [0.05, 0.1) is 34.8 Å². The first-order chi connectivity index (χ1) is 28.0. The van der Waals surface area contributed by atoms with Crippen LogP contribution in [-0.2, 0) is 41.7 Å². The number of fused-ring (bicyclic) bond motifs is 1. The lowest BCUT2D eigenvalue weighted by molar-refractivity contribution is -0.261. The monoisotopic (exact) mass is 867 g/mol. The second-order valence-corrected chi connectivity index (χ2v) is 15.9. The number of imidazole rings is 1. The van der Waals surface area contributed by atoms with Crippen molar-refractivity contribution in [1.29, 1.82) is 0 Å². The van der Waals surface area contributed by atoms with Crippen LogP contribution in [0.2, 0.25) is 10.0 Å². The number of aliphatic hydroxyl groups excluding tert-OH is 3. The zero-order valence-corrected chi connectivity index (χ0v) is 35.6. The average Bonchev–Trinajstić information content (AvgIpc) is 3.55. The quantitative estimate of drug-likeness (QED) is 0.0742. The van der Waals surface area contributed by atoms with E-state index in [1.807, 2.05) is 24.3 Å². The minimum atomic E-state index is -1.50. The molecular formula is C40H55Cl2N5O12. The fourth-order valence-electron chi connectivity index (χ4n) is 6.53. The van der Waals surface area contributed by atoms with Gasteiger partial charge in [-0.3, -0.25) is 9.59 Å². The molecule has 1 aromatic heterocycles. The molecule has 19 heteroatoms. The lowest BCUT2D eigenvalue weighted by atomic mass is 9.96. The van der Waals surface area contributed by atoms with Crippen molar-refractivity contribution in [3.63, 3.8) is 0 Å². The maximum atomic E-state index is 13.4. The number of carbonyl (C=O) groups excluding carboxylic acids is 4. The van der Waals surface area contributed by atoms with E-state index < -0.39 is 66.9 Å². The summed E-state index contributed by atoms with van der Waals surface area (Å²) in [5.41, 5.74) is 1.40. The number of aromatic nitrogens is 2. The highest BCUT2D eigenvalue weighted by atomic mass is 35.5. The van der Waals surface area contributed by atoms with Gasteiger partial charge in [0, 0.05) is 32.2 Å². The number of methoxy groups -OCH3 is 2. The molecule has 0 radical (unpaired) electrons. The fraction of sp³-hybridized carbons (Fsp3) is 0.575. The number of rotatable bonds is 19. The highest BCUT2D eigenvalue weighted by Crippen LogP contribution is 2.38. The summed E-state index contributed by atoms with van der Waals surface area (Å²) in [5.74, 6) is -0.793. The van der Waals surface area contributed by atoms with Gasteiger partial charge in [0.2, 0.25) is 5.91 Å². The first-order valence-corrected chi connectivity index (χ1v) is 20.1. The van der Waals surface area contributed by atoms with E-state index in [9.17, 15) is 34.5 Å². The zero-order chi connectivity index (χ0) is 43.4. The Morgan fingerprint density at radius 2 is 1.75 bits per heavy atom. The minimum absolute atomic E-state index is 0.0128. The van der Waals surface area contributed by atoms with Gasteiger partial charge < -0.3 is 59.5 Å². The molecule has 0 bridgehead atoms. The number of hydrogen-bond acceptors (Lipinski definition) is 13. The van der Waals surface area contributed by atoms with Crippen LogP contribution in [0.5, 0.6) is 5.75 Å². The molecule has 3 amide bonds. The SMILES string of the molecule is COC(=O)[C@H](CCC(=O)NCCCCCCn1c(COc2c(Cl)cc(C(=O)N[C@H]3[C@@H](OC)O[C@H](CO)[C@@H](O)[C@@H]3O)c(C)c2Cl)nc2ccccc21)NC(=O)OC(C)(C)C. The molecule has 0 aliphatic carbocycles. The Labute approximate surface area is 353 Å². The third-order valence-corrected chi connectivity index (χ3v) is 10.4. The lowest BCUT2D eigenvalue weighted by Gasteiger charge is -2.41. The van der Waals surface area contributed by atoms with Crippen molar-refractivity contribution in [1.82, 2.24) is 25.5 Å². The van der Waals surface area contributed by atoms with Crippen molar-refractivity contribution in [2.75, 3.05) is 27.4 Å². The van der Waals surface area contributed by atoms with Gasteiger partial charge in [-0.2, -0.15) is 0 Å². The predicted molar refractivity (Wildman–Crippen MR) is 217 cm³/mol. The van der Waals surface area contributed by atoms with E-state index >= 15 is 0 Å². The van der Waals surface area contributed by atoms with Crippen LogP contribution < -0.4 is 20.7 Å². The Bertz CT molecular complexity index is 1920. The van der Waals surface area contributed by atoms with E-state index in [1.165, 1.54) is 20.3 Å². The molecule has 3 aromatic rings. The number of nitrogens with zero attached hydrogens (tertiary/aromatic N) is 2. The molecule has 4 rings (SSSR count). The topological polar surface area (TPSA) is 229 Å². The van der Waals surface area contributed by atoms with Gasteiger partial charge in [-0.15, -0.1) is 0 Å². The summed E-state index contributed by atoms with van der Waals surface area (Å²) in [4.78, 5) is 55.0. The molecule has 59 heavy (non-hydrogen) atoms. The summed E-state index contributed by atoms with van der Waals surface area (Å²) in [5, 5.41) is 38.6. The molecular weight excluding hydrogens is 813 g/mol. The molecule has 6 N–H and O–H groups in total. The molecule has 1 aliphatic rings. The summed E-state index contributed by atoms with van der Waals surface area (Å²) >= 11 is 13.4. The summed E-state index contributed by atoms with van der Waals surface area (Å²) in [7, 11) is 2.51. The second-order valence-electron chi connectivity index (χ2n) is 15.1. The molecule has 1 saturated heterocycles. The smallest absolute Gasteiger partial charge is 0.408 e. The molecule has 1 aliphatic heterocycles. The van der Waals surface area contributed by atoms with E-state index in [4.69, 9.17) is 51.9 Å². The number of amides is 3. The van der Waals surface area contributed by atoms with Crippen molar-refractivity contribution in [2.45, 2.75) is 122 Å². The fourth-order valence-corrected chi connectivity index (χ4v) is 7.10. The first kappa shape index (κ1) is 47.4. The maximum absolute atomic E-state index is 13.4. The number of nitrogens with one attached hydrogen (secondary N) is 3. The van der Waals surface area contributed by atoms with Gasteiger partial charge in [0.15, 0.2) is 12.0 Å². The highest BCUT2D eigenvalue weighted by molar-refractivity contribution is 6.38. The summed E-state index contributed by atoms with van der Waals surface area (Å²) in [6.07, 6.45) is -2.68. The van der Waals surface area contributed by atoms with Gasteiger partial charge in [-0.1, -0.05) is 48.2 Å². The van der Waals surface area contributed by atoms with Crippen LogP contribution in [0.1, 0.15) is 81.0 Å². The molecule has 0 unspecified atom stereocenters. The second kappa shape index (κ2) is 21.9. The number of aliphatic hydroxyl groups is 3. The molecule has 6 atom stereocenters. The number of ether oxygens (including phenoxy) is 5. The third-order valence-electron chi connectivity index (χ3n) is 9.62. The lowest BCUT2D eigenvalue weighted by Crippen LogP contribution is -2.64. The number of para-hydroxylation sites is 2. The van der Waals surface area contributed by atoms with E-state index in [0.717, 1.165) is 36.7 Å². The number of aryl methyl sites for hydroxylation is 1. The molecule has 17 nitrogen and oxygen atoms in total. The Kier molecular flexibility index (Phi) is 17.6. The minimum Gasteiger partial charge on any atom is -0.483 e. The standard InChI is InChI=1S/C40H55Cl2N5O12/c1-22-23(36(52)46-32-34(51)33(50)28(20-48)58-38(32)56-6)19-24(41)35(31(22)42)57-21-29-44-25-13-9-10-14-27(25)47(29)18-12-8-7-11-17-43-30(49)16-15-26(37(53)55-5)45-39(54)59-40(2,3)4/h9-10,13-14,19,26,28,32-34,38,48,50-51H,7-8,11-12,15-18,20-21H2,1-6H3,(H,43,49)(H,45,54)(H,46,52)/t26-,28+,32+,33+,34+,38-/m0/s1. The number of carbonyl (C=O) groups is 4. The number of hydrogen-bond donors (Lipinski definition) is 6. The first-order valence-electron chi connectivity index (χ1n) is 19.3. The van der Waals surface area contributed by atoms with Crippen LogP contribution in [0.15, 0.2) is 30.3 Å². The Hall–Kier alpha value is -4.23. The van der Waals surface area contributed by atoms with Gasteiger partial charge in [-0.25, -0.2) is 14.6 Å². The van der Waals surface area contributed by atoms with Crippen molar-refractivity contribution in [3.05, 3.63) is 57.3 Å². The maximum Gasteiger partial charge on any atom is 0.408 e. The van der Waals surface area contributed by atoms with Crippen LogP contribution in [0.4, 0.5) is 4.79 Å². The Morgan fingerprint density at radius 1 is 1.03 bits per heavy atom.